The Morgan fingerprint density at radius 3 is 2.76 bits per heavy atom. The normalized spacial score (nSPS) is 15.7. The Morgan fingerprint density at radius 1 is 1.33 bits per heavy atom. The number of hydrogen-bond acceptors (Lipinski definition) is 2. The molecule has 0 bridgehead atoms. The van der Waals surface area contributed by atoms with E-state index in [0.717, 1.165) is 36.0 Å². The van der Waals surface area contributed by atoms with Gasteiger partial charge in [-0.1, -0.05) is 41.3 Å². The number of ether oxygens (including phenoxy) is 1. The van der Waals surface area contributed by atoms with Gasteiger partial charge in [-0.05, 0) is 43.9 Å². The summed E-state index contributed by atoms with van der Waals surface area (Å²) in [5.41, 5.74) is 2.01. The Labute approximate surface area is 135 Å². The molecule has 0 aliphatic heterocycles. The number of aryl methyl sites for hydroxylation is 1. The van der Waals surface area contributed by atoms with E-state index in [4.69, 9.17) is 4.74 Å². The maximum atomic E-state index is 12.4. The highest BCUT2D eigenvalue weighted by atomic mass is 79.9. The zero-order chi connectivity index (χ0) is 15.1. The molecule has 2 rings (SSSR count). The SMILES string of the molecule is CCOc1cc(CCBr)ccc1NC(=O)C1CCCCC1. The lowest BCUT2D eigenvalue weighted by molar-refractivity contribution is -0.120. The van der Waals surface area contributed by atoms with Gasteiger partial charge in [-0.3, -0.25) is 4.79 Å². The van der Waals surface area contributed by atoms with Crippen molar-refractivity contribution in [2.45, 2.75) is 45.4 Å². The van der Waals surface area contributed by atoms with Gasteiger partial charge >= 0.3 is 0 Å². The van der Waals surface area contributed by atoms with Gasteiger partial charge in [-0.2, -0.15) is 0 Å². The average molecular weight is 354 g/mol. The summed E-state index contributed by atoms with van der Waals surface area (Å²) in [6, 6.07) is 6.05. The zero-order valence-electron chi connectivity index (χ0n) is 12.7. The monoisotopic (exact) mass is 353 g/mol. The van der Waals surface area contributed by atoms with E-state index < -0.39 is 0 Å². The second-order valence-electron chi connectivity index (χ2n) is 5.53. The minimum atomic E-state index is 0.142. The van der Waals surface area contributed by atoms with Crippen molar-refractivity contribution in [2.24, 2.45) is 5.92 Å². The second-order valence-corrected chi connectivity index (χ2v) is 6.32. The molecule has 0 aromatic heterocycles. The molecular formula is C17H24BrNO2. The molecule has 3 nitrogen and oxygen atoms in total. The maximum Gasteiger partial charge on any atom is 0.227 e. The highest BCUT2D eigenvalue weighted by Gasteiger charge is 2.22. The highest BCUT2D eigenvalue weighted by molar-refractivity contribution is 9.09. The lowest BCUT2D eigenvalue weighted by Crippen LogP contribution is -2.25. The minimum Gasteiger partial charge on any atom is -0.492 e. The fourth-order valence-corrected chi connectivity index (χ4v) is 3.27. The zero-order valence-corrected chi connectivity index (χ0v) is 14.2. The van der Waals surface area contributed by atoms with E-state index in [1.165, 1.54) is 24.8 Å². The second kappa shape index (κ2) is 8.42. The number of nitrogens with one attached hydrogen (secondary N) is 1. The minimum absolute atomic E-state index is 0.142. The Bertz CT molecular complexity index is 470. The van der Waals surface area contributed by atoms with Crippen LogP contribution < -0.4 is 10.1 Å². The van der Waals surface area contributed by atoms with Crippen molar-refractivity contribution in [3.05, 3.63) is 23.8 Å². The predicted molar refractivity (Wildman–Crippen MR) is 90.3 cm³/mol. The van der Waals surface area contributed by atoms with Crippen molar-refractivity contribution in [2.75, 3.05) is 17.3 Å². The molecular weight excluding hydrogens is 330 g/mol. The molecule has 1 aliphatic rings. The van der Waals surface area contributed by atoms with Crippen LogP contribution in [0.2, 0.25) is 0 Å². The van der Waals surface area contributed by atoms with E-state index in [-0.39, 0.29) is 11.8 Å². The van der Waals surface area contributed by atoms with Crippen LogP contribution in [0.25, 0.3) is 0 Å². The van der Waals surface area contributed by atoms with Crippen LogP contribution in [0.4, 0.5) is 5.69 Å². The van der Waals surface area contributed by atoms with Crippen LogP contribution in [-0.2, 0) is 11.2 Å². The molecule has 0 spiro atoms. The molecule has 0 atom stereocenters. The van der Waals surface area contributed by atoms with Crippen molar-refractivity contribution in [1.29, 1.82) is 0 Å². The van der Waals surface area contributed by atoms with Crippen LogP contribution in [-0.4, -0.2) is 17.8 Å². The van der Waals surface area contributed by atoms with E-state index >= 15 is 0 Å². The maximum absolute atomic E-state index is 12.4. The Morgan fingerprint density at radius 2 is 2.10 bits per heavy atom. The first kappa shape index (κ1) is 16.3. The fourth-order valence-electron chi connectivity index (χ4n) is 2.81. The number of carbonyl (C=O) groups excluding carboxylic acids is 1. The standard InChI is InChI=1S/C17H24BrNO2/c1-2-21-16-12-13(10-11-18)8-9-15(16)19-17(20)14-6-4-3-5-7-14/h8-9,12,14H,2-7,10-11H2,1H3,(H,19,20). The highest BCUT2D eigenvalue weighted by Crippen LogP contribution is 2.29. The van der Waals surface area contributed by atoms with Crippen molar-refractivity contribution in [3.63, 3.8) is 0 Å². The van der Waals surface area contributed by atoms with Gasteiger partial charge in [0, 0.05) is 11.2 Å². The molecule has 4 heteroatoms. The van der Waals surface area contributed by atoms with Crippen LogP contribution in [0.1, 0.15) is 44.6 Å². The molecule has 1 aliphatic carbocycles. The first-order valence-corrected chi connectivity index (χ1v) is 8.99. The third-order valence-corrected chi connectivity index (χ3v) is 4.36. The molecule has 1 fully saturated rings. The van der Waals surface area contributed by atoms with E-state index in [9.17, 15) is 4.79 Å². The van der Waals surface area contributed by atoms with E-state index in [2.05, 4.69) is 27.3 Å². The molecule has 0 radical (unpaired) electrons. The van der Waals surface area contributed by atoms with Gasteiger partial charge in [0.1, 0.15) is 5.75 Å². The summed E-state index contributed by atoms with van der Waals surface area (Å²) in [7, 11) is 0. The summed E-state index contributed by atoms with van der Waals surface area (Å²) in [5, 5.41) is 3.98. The van der Waals surface area contributed by atoms with Crippen LogP contribution in [0.5, 0.6) is 5.75 Å². The number of rotatable bonds is 6. The van der Waals surface area contributed by atoms with Crippen molar-refractivity contribution >= 4 is 27.5 Å². The first-order valence-electron chi connectivity index (χ1n) is 7.87. The Hall–Kier alpha value is -1.03. The number of halogens is 1. The molecule has 1 amide bonds. The molecule has 116 valence electrons. The fraction of sp³-hybridized carbons (Fsp3) is 0.588. The molecule has 1 N–H and O–H groups in total. The van der Waals surface area contributed by atoms with Gasteiger partial charge in [-0.15, -0.1) is 0 Å². The quantitative estimate of drug-likeness (QED) is 0.762. The summed E-state index contributed by atoms with van der Waals surface area (Å²) < 4.78 is 5.68. The molecule has 21 heavy (non-hydrogen) atoms. The molecule has 1 aromatic rings. The van der Waals surface area contributed by atoms with Gasteiger partial charge in [0.25, 0.3) is 0 Å². The van der Waals surface area contributed by atoms with E-state index in [1.807, 2.05) is 19.1 Å². The number of carbonyl (C=O) groups is 1. The predicted octanol–water partition coefficient (Wildman–Crippen LogP) is 4.54. The molecule has 1 saturated carbocycles. The number of anilines is 1. The Balaban J connectivity index is 2.08. The third kappa shape index (κ3) is 4.73. The van der Waals surface area contributed by atoms with Gasteiger partial charge in [0.15, 0.2) is 0 Å². The number of alkyl halides is 1. The number of hydrogen-bond donors (Lipinski definition) is 1. The van der Waals surface area contributed by atoms with Crippen molar-refractivity contribution in [1.82, 2.24) is 0 Å². The van der Waals surface area contributed by atoms with Crippen LogP contribution in [0.3, 0.4) is 0 Å². The number of benzene rings is 1. The lowest BCUT2D eigenvalue weighted by atomic mass is 9.88. The summed E-state index contributed by atoms with van der Waals surface area (Å²) in [6.45, 7) is 2.56. The summed E-state index contributed by atoms with van der Waals surface area (Å²) >= 11 is 3.45. The third-order valence-electron chi connectivity index (χ3n) is 3.96. The summed E-state index contributed by atoms with van der Waals surface area (Å²) in [4.78, 5) is 12.4. The van der Waals surface area contributed by atoms with Crippen LogP contribution in [0, 0.1) is 5.92 Å². The topological polar surface area (TPSA) is 38.3 Å². The van der Waals surface area contributed by atoms with Gasteiger partial charge in [0.2, 0.25) is 5.91 Å². The van der Waals surface area contributed by atoms with Crippen LogP contribution >= 0.6 is 15.9 Å². The van der Waals surface area contributed by atoms with E-state index in [1.54, 1.807) is 0 Å². The number of amides is 1. The summed E-state index contributed by atoms with van der Waals surface area (Å²) in [5.74, 6) is 1.08. The molecule has 0 heterocycles. The molecule has 0 unspecified atom stereocenters. The molecule has 1 aromatic carbocycles. The summed E-state index contributed by atoms with van der Waals surface area (Å²) in [6.07, 6.45) is 6.57. The van der Waals surface area contributed by atoms with Gasteiger partial charge in [-0.25, -0.2) is 0 Å². The lowest BCUT2D eigenvalue weighted by Gasteiger charge is -2.21. The Kier molecular flexibility index (Phi) is 6.55. The average Bonchev–Trinajstić information content (AvgIpc) is 2.51. The van der Waals surface area contributed by atoms with Gasteiger partial charge < -0.3 is 10.1 Å². The van der Waals surface area contributed by atoms with Crippen molar-refractivity contribution < 1.29 is 9.53 Å². The van der Waals surface area contributed by atoms with Crippen LogP contribution in [0.15, 0.2) is 18.2 Å². The van der Waals surface area contributed by atoms with E-state index in [0.29, 0.717) is 6.61 Å². The molecule has 0 saturated heterocycles. The van der Waals surface area contributed by atoms with Crippen molar-refractivity contribution in [3.8, 4) is 5.75 Å². The first-order chi connectivity index (χ1) is 10.2. The largest absolute Gasteiger partial charge is 0.492 e. The van der Waals surface area contributed by atoms with Gasteiger partial charge in [0.05, 0.1) is 12.3 Å². The smallest absolute Gasteiger partial charge is 0.227 e.